The van der Waals surface area contributed by atoms with E-state index >= 15 is 0 Å². The molecule has 0 bridgehead atoms. The highest BCUT2D eigenvalue weighted by molar-refractivity contribution is 5.69. The molecule has 0 saturated carbocycles. The van der Waals surface area contributed by atoms with Gasteiger partial charge in [-0.15, -0.1) is 0 Å². The van der Waals surface area contributed by atoms with Crippen molar-refractivity contribution in [3.63, 3.8) is 0 Å². The van der Waals surface area contributed by atoms with Crippen molar-refractivity contribution in [1.29, 1.82) is 0 Å². The van der Waals surface area contributed by atoms with Gasteiger partial charge in [0, 0.05) is 24.3 Å². The predicted octanol–water partition coefficient (Wildman–Crippen LogP) is 7.04. The molecule has 0 aromatic heterocycles. The Morgan fingerprint density at radius 2 is 1.54 bits per heavy atom. The van der Waals surface area contributed by atoms with Gasteiger partial charge in [0.15, 0.2) is 0 Å². The Morgan fingerprint density at radius 3 is 2.03 bits per heavy atom. The summed E-state index contributed by atoms with van der Waals surface area (Å²) in [6.45, 7) is 12.3. The average molecular weight is 543 g/mol. The summed E-state index contributed by atoms with van der Waals surface area (Å²) in [6.07, 6.45) is 7.87. The molecule has 1 aromatic rings. The summed E-state index contributed by atoms with van der Waals surface area (Å²) >= 11 is 0. The van der Waals surface area contributed by atoms with Gasteiger partial charge in [-0.1, -0.05) is 43.6 Å². The van der Waals surface area contributed by atoms with Gasteiger partial charge in [0.2, 0.25) is 0 Å². The summed E-state index contributed by atoms with van der Waals surface area (Å²) < 4.78 is 32.8. The number of aryl methyl sites for hydroxylation is 1. The lowest BCUT2D eigenvalue weighted by atomic mass is 9.73. The highest BCUT2D eigenvalue weighted by Gasteiger charge is 2.33. The lowest BCUT2D eigenvalue weighted by Crippen LogP contribution is -2.22. The summed E-state index contributed by atoms with van der Waals surface area (Å²) in [5, 5.41) is 0. The molecule has 8 nitrogen and oxygen atoms in total. The zero-order valence-electron chi connectivity index (χ0n) is 23.5. The second kappa shape index (κ2) is 14.0. The second-order valence-corrected chi connectivity index (χ2v) is 10.9. The number of epoxide rings is 2. The van der Waals surface area contributed by atoms with E-state index in [1.165, 1.54) is 5.57 Å². The largest absolute Gasteiger partial charge is 0.513 e. The zero-order valence-corrected chi connectivity index (χ0v) is 23.5. The van der Waals surface area contributed by atoms with Crippen molar-refractivity contribution in [3.05, 3.63) is 47.1 Å². The zero-order chi connectivity index (χ0) is 27.8. The number of hydrogen-bond acceptors (Lipinski definition) is 8. The predicted molar refractivity (Wildman–Crippen MR) is 146 cm³/mol. The number of hydrogen-bond donors (Lipinski definition) is 0. The number of rotatable bonds is 14. The minimum absolute atomic E-state index is 0.0930. The van der Waals surface area contributed by atoms with Crippen LogP contribution >= 0.6 is 0 Å². The average Bonchev–Trinajstić information content (AvgIpc) is 3.80. The third kappa shape index (κ3) is 9.11. The molecule has 0 radical (unpaired) electrons. The van der Waals surface area contributed by atoms with Crippen LogP contribution in [0.4, 0.5) is 9.59 Å². The van der Waals surface area contributed by atoms with Crippen LogP contribution in [0.2, 0.25) is 0 Å². The molecular weight excluding hydrogens is 500 g/mol. The van der Waals surface area contributed by atoms with Crippen molar-refractivity contribution in [2.24, 2.45) is 5.92 Å². The van der Waals surface area contributed by atoms with E-state index in [-0.39, 0.29) is 37.3 Å². The molecule has 1 aliphatic carbocycles. The van der Waals surface area contributed by atoms with Crippen LogP contribution in [0.5, 0.6) is 11.5 Å². The fourth-order valence-corrected chi connectivity index (χ4v) is 5.04. The quantitative estimate of drug-likeness (QED) is 0.0812. The number of benzene rings is 1. The Morgan fingerprint density at radius 1 is 0.974 bits per heavy atom. The normalized spacial score (nSPS) is 23.4. The molecule has 0 N–H and O–H groups in total. The van der Waals surface area contributed by atoms with Crippen LogP contribution in [0.15, 0.2) is 35.9 Å². The van der Waals surface area contributed by atoms with E-state index in [0.29, 0.717) is 43.1 Å². The maximum Gasteiger partial charge on any atom is 0.513 e. The Balaban J connectivity index is 1.65. The van der Waals surface area contributed by atoms with Crippen LogP contribution in [-0.2, 0) is 25.4 Å². The van der Waals surface area contributed by atoms with E-state index in [0.717, 1.165) is 49.7 Å². The van der Waals surface area contributed by atoms with Crippen LogP contribution in [0.3, 0.4) is 0 Å². The number of unbranched alkanes of at least 4 members (excludes halogenated alkanes) is 2. The van der Waals surface area contributed by atoms with Crippen molar-refractivity contribution >= 4 is 12.3 Å². The standard InChI is InChI=1S/C31H42O8/c1-5-6-7-8-22-16-27(38-30(32)34-13-11-23-18-36-23)29(26-15-21(4)9-10-25(26)20(2)3)28(17-22)39-31(33)35-14-12-24-19-37-24/h15-17,23-26H,2,5-14,18-19H2,1,3-4H3/t23?,24?,25-,26+/m0/s1. The van der Waals surface area contributed by atoms with Crippen molar-refractivity contribution < 1.29 is 38.0 Å². The van der Waals surface area contributed by atoms with E-state index in [1.807, 2.05) is 19.1 Å². The van der Waals surface area contributed by atoms with Crippen molar-refractivity contribution in [2.45, 2.75) is 90.3 Å². The topological polar surface area (TPSA) is 96.1 Å². The van der Waals surface area contributed by atoms with Gasteiger partial charge in [0.1, 0.15) is 11.5 Å². The molecule has 8 heteroatoms. The maximum atomic E-state index is 12.8. The molecule has 214 valence electrons. The molecule has 3 aliphatic rings. The first-order valence-corrected chi connectivity index (χ1v) is 14.3. The van der Waals surface area contributed by atoms with Gasteiger partial charge in [-0.3, -0.25) is 0 Å². The molecule has 2 unspecified atom stereocenters. The van der Waals surface area contributed by atoms with Crippen LogP contribution in [-0.4, -0.2) is 50.9 Å². The van der Waals surface area contributed by atoms with E-state index in [1.54, 1.807) is 0 Å². The minimum Gasteiger partial charge on any atom is -0.434 e. The molecule has 4 rings (SSSR count). The summed E-state index contributed by atoms with van der Waals surface area (Å²) in [5.41, 5.74) is 3.79. The van der Waals surface area contributed by atoms with Crippen LogP contribution in [0.1, 0.15) is 82.8 Å². The smallest absolute Gasteiger partial charge is 0.434 e. The van der Waals surface area contributed by atoms with E-state index in [9.17, 15) is 9.59 Å². The molecule has 0 spiro atoms. The van der Waals surface area contributed by atoms with Crippen molar-refractivity contribution in [2.75, 3.05) is 26.4 Å². The summed E-state index contributed by atoms with van der Waals surface area (Å²) in [4.78, 5) is 25.6. The minimum atomic E-state index is -0.788. The SMILES string of the molecule is C=C(C)[C@@H]1CCC(C)=C[C@H]1c1c(OC(=O)OCCC2CO2)cc(CCCCC)cc1OC(=O)OCCC1CO1. The highest BCUT2D eigenvalue weighted by atomic mass is 16.7. The lowest BCUT2D eigenvalue weighted by molar-refractivity contribution is 0.0936. The van der Waals surface area contributed by atoms with Crippen molar-refractivity contribution in [1.82, 2.24) is 0 Å². The summed E-state index contributed by atoms with van der Waals surface area (Å²) in [5.74, 6) is 0.586. The Hall–Kier alpha value is -2.84. The van der Waals surface area contributed by atoms with Gasteiger partial charge >= 0.3 is 12.3 Å². The van der Waals surface area contributed by atoms with Crippen molar-refractivity contribution in [3.8, 4) is 11.5 Å². The van der Waals surface area contributed by atoms with Gasteiger partial charge in [-0.25, -0.2) is 9.59 Å². The molecular formula is C31H42O8. The van der Waals surface area contributed by atoms with Crippen LogP contribution < -0.4 is 9.47 Å². The van der Waals surface area contributed by atoms with Gasteiger partial charge < -0.3 is 28.4 Å². The molecule has 1 aromatic carbocycles. The van der Waals surface area contributed by atoms with Crippen LogP contribution in [0.25, 0.3) is 0 Å². The third-order valence-electron chi connectivity index (χ3n) is 7.46. The first-order valence-electron chi connectivity index (χ1n) is 14.3. The number of ether oxygens (including phenoxy) is 6. The number of carbonyl (C=O) groups excluding carboxylic acids is 2. The fraction of sp³-hybridized carbons (Fsp3) is 0.613. The molecule has 0 amide bonds. The summed E-state index contributed by atoms with van der Waals surface area (Å²) in [6, 6.07) is 3.76. The van der Waals surface area contributed by atoms with E-state index in [4.69, 9.17) is 28.4 Å². The van der Waals surface area contributed by atoms with Gasteiger partial charge in [0.25, 0.3) is 0 Å². The Bertz CT molecular complexity index is 1000. The summed E-state index contributed by atoms with van der Waals surface area (Å²) in [7, 11) is 0. The number of allylic oxidation sites excluding steroid dienone is 3. The monoisotopic (exact) mass is 542 g/mol. The molecule has 39 heavy (non-hydrogen) atoms. The Labute approximate surface area is 231 Å². The molecule has 2 aliphatic heterocycles. The Kier molecular flexibility index (Phi) is 10.5. The van der Waals surface area contributed by atoms with Gasteiger partial charge in [-0.05, 0) is 63.1 Å². The molecule has 4 atom stereocenters. The maximum absolute atomic E-state index is 12.8. The van der Waals surface area contributed by atoms with E-state index in [2.05, 4.69) is 26.5 Å². The molecule has 2 fully saturated rings. The van der Waals surface area contributed by atoms with Gasteiger partial charge in [-0.2, -0.15) is 0 Å². The van der Waals surface area contributed by atoms with Crippen LogP contribution in [0, 0.1) is 5.92 Å². The second-order valence-electron chi connectivity index (χ2n) is 10.9. The van der Waals surface area contributed by atoms with Gasteiger partial charge in [0.05, 0.1) is 38.6 Å². The molecule has 2 saturated heterocycles. The number of carbonyl (C=O) groups is 2. The lowest BCUT2D eigenvalue weighted by Gasteiger charge is -2.32. The highest BCUT2D eigenvalue weighted by Crippen LogP contribution is 2.47. The molecule has 2 heterocycles. The first-order chi connectivity index (χ1) is 18.8. The first kappa shape index (κ1) is 29.2. The van der Waals surface area contributed by atoms with E-state index < -0.39 is 12.3 Å². The third-order valence-corrected chi connectivity index (χ3v) is 7.46. The fourth-order valence-electron chi connectivity index (χ4n) is 5.04.